The van der Waals surface area contributed by atoms with Crippen LogP contribution in [0.4, 0.5) is 5.69 Å². The number of nitrogens with one attached hydrogen (secondary N) is 1. The van der Waals surface area contributed by atoms with Crippen molar-refractivity contribution in [2.24, 2.45) is 0 Å². The van der Waals surface area contributed by atoms with Crippen molar-refractivity contribution in [3.8, 4) is 0 Å². The third-order valence-electron chi connectivity index (χ3n) is 3.51. The lowest BCUT2D eigenvalue weighted by molar-refractivity contribution is 0.0534. The van der Waals surface area contributed by atoms with Crippen molar-refractivity contribution in [3.05, 3.63) is 24.0 Å². The molecular formula is C14H22N4O. The number of nitrogens with zero attached hydrogens (tertiary/aromatic N) is 3. The van der Waals surface area contributed by atoms with Crippen LogP contribution in [0.5, 0.6) is 0 Å². The molecule has 1 fully saturated rings. The monoisotopic (exact) mass is 262 g/mol. The SMILES string of the molecule is CCNc1ccncc1C(=O)N1CCN(C)CC1C. The number of amides is 1. The highest BCUT2D eigenvalue weighted by molar-refractivity contribution is 5.99. The third kappa shape index (κ3) is 3.04. The smallest absolute Gasteiger partial charge is 0.257 e. The second-order valence-corrected chi connectivity index (χ2v) is 5.06. The van der Waals surface area contributed by atoms with E-state index >= 15 is 0 Å². The summed E-state index contributed by atoms with van der Waals surface area (Å²) in [6.45, 7) is 7.53. The predicted molar refractivity (Wildman–Crippen MR) is 76.4 cm³/mol. The van der Waals surface area contributed by atoms with Crippen molar-refractivity contribution in [2.45, 2.75) is 19.9 Å². The molecule has 0 saturated carbocycles. The Balaban J connectivity index is 2.19. The quantitative estimate of drug-likeness (QED) is 0.891. The summed E-state index contributed by atoms with van der Waals surface area (Å²) in [5, 5.41) is 3.22. The first-order valence-electron chi connectivity index (χ1n) is 6.81. The van der Waals surface area contributed by atoms with Crippen LogP contribution in [0.15, 0.2) is 18.5 Å². The Kier molecular flexibility index (Phi) is 4.37. The van der Waals surface area contributed by atoms with E-state index < -0.39 is 0 Å². The summed E-state index contributed by atoms with van der Waals surface area (Å²) < 4.78 is 0. The highest BCUT2D eigenvalue weighted by Gasteiger charge is 2.27. The lowest BCUT2D eigenvalue weighted by Gasteiger charge is -2.38. The molecule has 1 N–H and O–H groups in total. The van der Waals surface area contributed by atoms with E-state index in [1.165, 1.54) is 0 Å². The maximum Gasteiger partial charge on any atom is 0.257 e. The molecule has 19 heavy (non-hydrogen) atoms. The molecule has 0 aromatic carbocycles. The van der Waals surface area contributed by atoms with E-state index in [1.807, 2.05) is 17.9 Å². The number of likely N-dealkylation sites (N-methyl/N-ethyl adjacent to an activating group) is 1. The third-order valence-corrected chi connectivity index (χ3v) is 3.51. The van der Waals surface area contributed by atoms with Gasteiger partial charge in [-0.3, -0.25) is 9.78 Å². The average Bonchev–Trinajstić information content (AvgIpc) is 2.39. The molecule has 1 saturated heterocycles. The molecule has 1 aromatic heterocycles. The van der Waals surface area contributed by atoms with Gasteiger partial charge < -0.3 is 15.1 Å². The summed E-state index contributed by atoms with van der Waals surface area (Å²) in [7, 11) is 2.09. The van der Waals surface area contributed by atoms with Crippen molar-refractivity contribution in [2.75, 3.05) is 38.5 Å². The van der Waals surface area contributed by atoms with Crippen LogP contribution < -0.4 is 5.32 Å². The molecule has 5 nitrogen and oxygen atoms in total. The van der Waals surface area contributed by atoms with Crippen LogP contribution in [-0.4, -0.2) is 60.0 Å². The summed E-state index contributed by atoms with van der Waals surface area (Å²) in [5.74, 6) is 0.0738. The number of rotatable bonds is 3. The zero-order chi connectivity index (χ0) is 13.8. The molecule has 1 aromatic rings. The normalized spacial score (nSPS) is 20.4. The average molecular weight is 262 g/mol. The molecular weight excluding hydrogens is 240 g/mol. The number of pyridine rings is 1. The summed E-state index contributed by atoms with van der Waals surface area (Å²) in [4.78, 5) is 20.9. The largest absolute Gasteiger partial charge is 0.385 e. The first kappa shape index (κ1) is 13.8. The van der Waals surface area contributed by atoms with Gasteiger partial charge in [0.05, 0.1) is 11.3 Å². The van der Waals surface area contributed by atoms with Gasteiger partial charge in [0.25, 0.3) is 5.91 Å². The van der Waals surface area contributed by atoms with E-state index in [4.69, 9.17) is 0 Å². The maximum absolute atomic E-state index is 12.6. The second-order valence-electron chi connectivity index (χ2n) is 5.06. The van der Waals surface area contributed by atoms with Gasteiger partial charge in [-0.15, -0.1) is 0 Å². The summed E-state index contributed by atoms with van der Waals surface area (Å²) in [6.07, 6.45) is 3.37. The highest BCUT2D eigenvalue weighted by atomic mass is 16.2. The van der Waals surface area contributed by atoms with Gasteiger partial charge in [-0.1, -0.05) is 0 Å². The molecule has 0 radical (unpaired) electrons. The lowest BCUT2D eigenvalue weighted by Crippen LogP contribution is -2.52. The van der Waals surface area contributed by atoms with Crippen molar-refractivity contribution in [3.63, 3.8) is 0 Å². The zero-order valence-electron chi connectivity index (χ0n) is 11.9. The Morgan fingerprint density at radius 1 is 1.53 bits per heavy atom. The molecule has 104 valence electrons. The van der Waals surface area contributed by atoms with Crippen molar-refractivity contribution < 1.29 is 4.79 Å². The van der Waals surface area contributed by atoms with Gasteiger partial charge in [0, 0.05) is 44.6 Å². The first-order chi connectivity index (χ1) is 9.13. The van der Waals surface area contributed by atoms with Gasteiger partial charge in [-0.2, -0.15) is 0 Å². The van der Waals surface area contributed by atoms with Crippen LogP contribution in [0.25, 0.3) is 0 Å². The van der Waals surface area contributed by atoms with E-state index in [1.54, 1.807) is 12.4 Å². The van der Waals surface area contributed by atoms with Gasteiger partial charge in [-0.25, -0.2) is 0 Å². The Bertz CT molecular complexity index is 449. The lowest BCUT2D eigenvalue weighted by atomic mass is 10.1. The molecule has 5 heteroatoms. The van der Waals surface area contributed by atoms with E-state index in [2.05, 4.69) is 29.2 Å². The van der Waals surface area contributed by atoms with Crippen molar-refractivity contribution >= 4 is 11.6 Å². The molecule has 1 atom stereocenters. The van der Waals surface area contributed by atoms with Gasteiger partial charge >= 0.3 is 0 Å². The fourth-order valence-electron chi connectivity index (χ4n) is 2.51. The van der Waals surface area contributed by atoms with Gasteiger partial charge in [-0.05, 0) is 27.0 Å². The summed E-state index contributed by atoms with van der Waals surface area (Å²) in [5.41, 5.74) is 1.54. The van der Waals surface area contributed by atoms with Crippen LogP contribution in [0.1, 0.15) is 24.2 Å². The summed E-state index contributed by atoms with van der Waals surface area (Å²) in [6, 6.07) is 2.10. The molecule has 1 aliphatic rings. The van der Waals surface area contributed by atoms with Gasteiger partial charge in [0.1, 0.15) is 0 Å². The van der Waals surface area contributed by atoms with E-state index in [0.717, 1.165) is 31.9 Å². The maximum atomic E-state index is 12.6. The number of hydrogen-bond donors (Lipinski definition) is 1. The molecule has 1 amide bonds. The van der Waals surface area contributed by atoms with E-state index in [9.17, 15) is 4.79 Å². The minimum absolute atomic E-state index is 0.0738. The standard InChI is InChI=1S/C14H22N4O/c1-4-16-13-5-6-15-9-12(13)14(19)18-8-7-17(3)10-11(18)2/h5-6,9,11H,4,7-8,10H2,1-3H3,(H,15,16). The van der Waals surface area contributed by atoms with Crippen LogP contribution >= 0.6 is 0 Å². The Morgan fingerprint density at radius 2 is 2.32 bits per heavy atom. The zero-order valence-corrected chi connectivity index (χ0v) is 11.9. The summed E-state index contributed by atoms with van der Waals surface area (Å²) >= 11 is 0. The number of carbonyl (C=O) groups excluding carboxylic acids is 1. The van der Waals surface area contributed by atoms with E-state index in [-0.39, 0.29) is 11.9 Å². The molecule has 2 rings (SSSR count). The fraction of sp³-hybridized carbons (Fsp3) is 0.571. The number of aromatic nitrogens is 1. The number of piperazine rings is 1. The topological polar surface area (TPSA) is 48.5 Å². The Morgan fingerprint density at radius 3 is 3.00 bits per heavy atom. The highest BCUT2D eigenvalue weighted by Crippen LogP contribution is 2.19. The molecule has 0 aliphatic carbocycles. The van der Waals surface area contributed by atoms with Crippen LogP contribution in [-0.2, 0) is 0 Å². The molecule has 0 spiro atoms. The van der Waals surface area contributed by atoms with Crippen molar-refractivity contribution in [1.82, 2.24) is 14.8 Å². The molecule has 1 aliphatic heterocycles. The van der Waals surface area contributed by atoms with Crippen LogP contribution in [0, 0.1) is 0 Å². The molecule has 1 unspecified atom stereocenters. The van der Waals surface area contributed by atoms with Crippen LogP contribution in [0.3, 0.4) is 0 Å². The van der Waals surface area contributed by atoms with Gasteiger partial charge in [0.2, 0.25) is 0 Å². The minimum Gasteiger partial charge on any atom is -0.385 e. The molecule has 0 bridgehead atoms. The van der Waals surface area contributed by atoms with E-state index in [0.29, 0.717) is 5.56 Å². The van der Waals surface area contributed by atoms with Gasteiger partial charge in [0.15, 0.2) is 0 Å². The Hall–Kier alpha value is -1.62. The predicted octanol–water partition coefficient (Wildman–Crippen LogP) is 1.29. The number of anilines is 1. The van der Waals surface area contributed by atoms with Crippen LogP contribution in [0.2, 0.25) is 0 Å². The Labute approximate surface area is 114 Å². The first-order valence-corrected chi connectivity index (χ1v) is 6.81. The number of hydrogen-bond acceptors (Lipinski definition) is 4. The number of carbonyl (C=O) groups is 1. The second kappa shape index (κ2) is 6.02. The fourth-order valence-corrected chi connectivity index (χ4v) is 2.51. The molecule has 2 heterocycles. The minimum atomic E-state index is 0.0738. The van der Waals surface area contributed by atoms with Crippen molar-refractivity contribution in [1.29, 1.82) is 0 Å².